The molecule has 0 spiro atoms. The highest BCUT2D eigenvalue weighted by Gasteiger charge is 2.06. The van der Waals surface area contributed by atoms with Gasteiger partial charge in [-0.3, -0.25) is 9.69 Å². The number of ether oxygens (including phenoxy) is 1. The molecule has 0 aliphatic carbocycles. The van der Waals surface area contributed by atoms with E-state index >= 15 is 0 Å². The Morgan fingerprint density at radius 1 is 1.29 bits per heavy atom. The van der Waals surface area contributed by atoms with Crippen LogP contribution in [0, 0.1) is 0 Å². The average molecular weight is 294 g/mol. The number of rotatable bonds is 9. The summed E-state index contributed by atoms with van der Waals surface area (Å²) in [6, 6.07) is 6.24. The minimum atomic E-state index is -0.959. The van der Waals surface area contributed by atoms with Crippen molar-refractivity contribution in [1.29, 1.82) is 0 Å². The number of benzene rings is 1. The van der Waals surface area contributed by atoms with Crippen molar-refractivity contribution in [3.8, 4) is 5.75 Å². The molecule has 116 valence electrons. The lowest BCUT2D eigenvalue weighted by molar-refractivity contribution is -0.122. The van der Waals surface area contributed by atoms with Crippen LogP contribution in [0.15, 0.2) is 24.3 Å². The Bertz CT molecular complexity index is 459. The first kappa shape index (κ1) is 17.0. The van der Waals surface area contributed by atoms with Crippen LogP contribution in [0.25, 0.3) is 0 Å². The zero-order chi connectivity index (χ0) is 15.7. The minimum absolute atomic E-state index is 0.00478. The highest BCUT2D eigenvalue weighted by Crippen LogP contribution is 2.11. The van der Waals surface area contributed by atoms with Crippen molar-refractivity contribution >= 4 is 11.9 Å². The van der Waals surface area contributed by atoms with E-state index in [1.165, 1.54) is 12.1 Å². The smallest absolute Gasteiger partial charge is 0.335 e. The number of nitrogens with one attached hydrogen (secondary N) is 1. The first-order valence-electron chi connectivity index (χ1n) is 6.94. The number of carbonyl (C=O) groups is 2. The van der Waals surface area contributed by atoms with Crippen molar-refractivity contribution in [2.45, 2.75) is 13.3 Å². The molecule has 0 bridgehead atoms. The molecule has 0 saturated carbocycles. The molecule has 1 aromatic carbocycles. The number of hydrogen-bond donors (Lipinski definition) is 2. The number of nitrogens with zero attached hydrogens (tertiary/aromatic N) is 1. The molecule has 0 unspecified atom stereocenters. The van der Waals surface area contributed by atoms with Crippen molar-refractivity contribution in [1.82, 2.24) is 10.2 Å². The number of carboxylic acid groups (broad SMARTS) is 1. The summed E-state index contributed by atoms with van der Waals surface area (Å²) in [5.41, 5.74) is 0.229. The number of hydrogen-bond acceptors (Lipinski definition) is 4. The van der Waals surface area contributed by atoms with Crippen LogP contribution >= 0.6 is 0 Å². The predicted molar refractivity (Wildman–Crippen MR) is 79.7 cm³/mol. The van der Waals surface area contributed by atoms with Crippen molar-refractivity contribution in [2.24, 2.45) is 0 Å². The average Bonchev–Trinajstić information content (AvgIpc) is 2.45. The van der Waals surface area contributed by atoms with Gasteiger partial charge in [-0.15, -0.1) is 0 Å². The van der Waals surface area contributed by atoms with Crippen molar-refractivity contribution < 1.29 is 19.4 Å². The predicted octanol–water partition coefficient (Wildman–Crippen LogP) is 1.22. The number of carboxylic acids is 1. The molecule has 1 amide bonds. The summed E-state index contributed by atoms with van der Waals surface area (Å²) in [4.78, 5) is 24.1. The Morgan fingerprint density at radius 2 is 1.95 bits per heavy atom. The lowest BCUT2D eigenvalue weighted by Gasteiger charge is -2.16. The molecule has 0 radical (unpaired) electrons. The molecule has 6 heteroatoms. The zero-order valence-electron chi connectivity index (χ0n) is 12.5. The fourth-order valence-electron chi connectivity index (χ4n) is 1.66. The first-order valence-corrected chi connectivity index (χ1v) is 6.94. The van der Waals surface area contributed by atoms with Crippen molar-refractivity contribution in [2.75, 3.05) is 33.3 Å². The fraction of sp³-hybridized carbons (Fsp3) is 0.467. The topological polar surface area (TPSA) is 78.9 Å². The van der Waals surface area contributed by atoms with Crippen LogP contribution in [0.2, 0.25) is 0 Å². The van der Waals surface area contributed by atoms with Gasteiger partial charge in [-0.05, 0) is 37.7 Å². The number of aromatic carboxylic acids is 1. The van der Waals surface area contributed by atoms with Gasteiger partial charge < -0.3 is 15.2 Å². The molecule has 2 N–H and O–H groups in total. The van der Waals surface area contributed by atoms with E-state index in [2.05, 4.69) is 5.32 Å². The molecule has 1 aromatic rings. The van der Waals surface area contributed by atoms with Gasteiger partial charge in [0.1, 0.15) is 12.4 Å². The van der Waals surface area contributed by atoms with Gasteiger partial charge in [0.25, 0.3) is 0 Å². The number of carbonyl (C=O) groups excluding carboxylic acids is 1. The normalized spacial score (nSPS) is 10.4. The van der Waals surface area contributed by atoms with Crippen LogP contribution in [0.1, 0.15) is 23.7 Å². The van der Waals surface area contributed by atoms with Crippen LogP contribution in [0.5, 0.6) is 5.75 Å². The summed E-state index contributed by atoms with van der Waals surface area (Å²) in [5.74, 6) is -0.339. The minimum Gasteiger partial charge on any atom is -0.492 e. The lowest BCUT2D eigenvalue weighted by Crippen LogP contribution is -2.37. The van der Waals surface area contributed by atoms with E-state index in [0.29, 0.717) is 32.0 Å². The van der Waals surface area contributed by atoms with Crippen LogP contribution in [-0.2, 0) is 4.79 Å². The Labute approximate surface area is 124 Å². The van der Waals surface area contributed by atoms with Crippen LogP contribution in [0.4, 0.5) is 0 Å². The highest BCUT2D eigenvalue weighted by atomic mass is 16.5. The van der Waals surface area contributed by atoms with Gasteiger partial charge in [-0.25, -0.2) is 4.79 Å². The van der Waals surface area contributed by atoms with Crippen molar-refractivity contribution in [3.05, 3.63) is 29.8 Å². The van der Waals surface area contributed by atoms with E-state index in [4.69, 9.17) is 9.84 Å². The van der Waals surface area contributed by atoms with Gasteiger partial charge in [-0.2, -0.15) is 0 Å². The summed E-state index contributed by atoms with van der Waals surface area (Å²) in [5, 5.41) is 11.6. The van der Waals surface area contributed by atoms with E-state index in [9.17, 15) is 9.59 Å². The van der Waals surface area contributed by atoms with Gasteiger partial charge in [-0.1, -0.05) is 6.92 Å². The standard InChI is InChI=1S/C15H22N2O4/c1-3-8-16-14(18)11-17(2)9-10-21-13-6-4-12(5-7-13)15(19)20/h4-7H,3,8-11H2,1-2H3,(H,16,18)(H,19,20). The van der Waals surface area contributed by atoms with Crippen LogP contribution in [-0.4, -0.2) is 55.2 Å². The second-order valence-corrected chi connectivity index (χ2v) is 4.77. The van der Waals surface area contributed by atoms with E-state index in [0.717, 1.165) is 6.42 Å². The Morgan fingerprint density at radius 3 is 2.52 bits per heavy atom. The summed E-state index contributed by atoms with van der Waals surface area (Å²) in [6.07, 6.45) is 0.922. The molecule has 0 fully saturated rings. The maximum absolute atomic E-state index is 11.5. The van der Waals surface area contributed by atoms with E-state index in [1.54, 1.807) is 12.1 Å². The molecular weight excluding hydrogens is 272 g/mol. The molecule has 21 heavy (non-hydrogen) atoms. The van der Waals surface area contributed by atoms with Crippen LogP contribution in [0.3, 0.4) is 0 Å². The van der Waals surface area contributed by atoms with Crippen LogP contribution < -0.4 is 10.1 Å². The summed E-state index contributed by atoms with van der Waals surface area (Å²) in [6.45, 7) is 4.08. The molecule has 0 aromatic heterocycles. The first-order chi connectivity index (χ1) is 10.0. The maximum atomic E-state index is 11.5. The zero-order valence-corrected chi connectivity index (χ0v) is 12.5. The summed E-state index contributed by atoms with van der Waals surface area (Å²) in [7, 11) is 1.85. The second kappa shape index (κ2) is 8.97. The summed E-state index contributed by atoms with van der Waals surface area (Å²) < 4.78 is 5.51. The summed E-state index contributed by atoms with van der Waals surface area (Å²) >= 11 is 0. The number of likely N-dealkylation sites (N-methyl/N-ethyl adjacent to an activating group) is 1. The Balaban J connectivity index is 2.26. The SMILES string of the molecule is CCCNC(=O)CN(C)CCOc1ccc(C(=O)O)cc1. The molecule has 6 nitrogen and oxygen atoms in total. The highest BCUT2D eigenvalue weighted by molar-refractivity contribution is 5.87. The van der Waals surface area contributed by atoms with E-state index in [-0.39, 0.29) is 11.5 Å². The quantitative estimate of drug-likeness (QED) is 0.716. The monoisotopic (exact) mass is 294 g/mol. The van der Waals surface area contributed by atoms with Gasteiger partial charge in [0.2, 0.25) is 5.91 Å². The second-order valence-electron chi connectivity index (χ2n) is 4.77. The Hall–Kier alpha value is -2.08. The van der Waals surface area contributed by atoms with Gasteiger partial charge in [0, 0.05) is 13.1 Å². The molecular formula is C15H22N2O4. The molecule has 1 rings (SSSR count). The Kier molecular flexibility index (Phi) is 7.25. The fourth-order valence-corrected chi connectivity index (χ4v) is 1.66. The molecule has 0 aliphatic rings. The molecule has 0 aliphatic heterocycles. The number of amides is 1. The van der Waals surface area contributed by atoms with E-state index in [1.807, 2.05) is 18.9 Å². The molecule has 0 heterocycles. The molecule has 0 saturated heterocycles. The largest absolute Gasteiger partial charge is 0.492 e. The van der Waals surface area contributed by atoms with E-state index < -0.39 is 5.97 Å². The third kappa shape index (κ3) is 6.76. The third-order valence-corrected chi connectivity index (χ3v) is 2.83. The third-order valence-electron chi connectivity index (χ3n) is 2.83. The van der Waals surface area contributed by atoms with Crippen molar-refractivity contribution in [3.63, 3.8) is 0 Å². The lowest BCUT2D eigenvalue weighted by atomic mass is 10.2. The van der Waals surface area contributed by atoms with Gasteiger partial charge in [0.15, 0.2) is 0 Å². The maximum Gasteiger partial charge on any atom is 0.335 e. The molecule has 0 atom stereocenters. The van der Waals surface area contributed by atoms with Gasteiger partial charge >= 0.3 is 5.97 Å². The van der Waals surface area contributed by atoms with Gasteiger partial charge in [0.05, 0.1) is 12.1 Å².